The lowest BCUT2D eigenvalue weighted by molar-refractivity contribution is -0.125. The fraction of sp³-hybridized carbons (Fsp3) is 0.500. The molecular weight excluding hydrogens is 381 g/mol. The van der Waals surface area contributed by atoms with Crippen LogP contribution in [0.1, 0.15) is 43.0 Å². The number of hydrogen-bond acceptors (Lipinski definition) is 3. The summed E-state index contributed by atoms with van der Waals surface area (Å²) in [5.41, 5.74) is 0.467. The topological polar surface area (TPSA) is 55.4 Å². The average Bonchev–Trinajstić information content (AvgIpc) is 2.48. The van der Waals surface area contributed by atoms with Crippen LogP contribution in [0.5, 0.6) is 0 Å². The Kier molecular flexibility index (Phi) is 6.02. The smallest absolute Gasteiger partial charge is 0.338 e. The van der Waals surface area contributed by atoms with Crippen LogP contribution in [0.15, 0.2) is 24.3 Å². The molecule has 0 aliphatic heterocycles. The fourth-order valence-corrected chi connectivity index (χ4v) is 2.94. The maximum atomic E-state index is 11.9. The van der Waals surface area contributed by atoms with Crippen LogP contribution in [0.4, 0.5) is 0 Å². The standard InChI is InChI=1S/C16H20INO3/c1-11-4-2-3-5-14(11)18-15(19)10-21-16(20)12-6-8-13(17)9-7-12/h6-9,11,14H,2-5,10H2,1H3,(H,18,19). The predicted molar refractivity (Wildman–Crippen MR) is 89.0 cm³/mol. The molecule has 4 nitrogen and oxygen atoms in total. The first-order valence-corrected chi connectivity index (χ1v) is 8.36. The van der Waals surface area contributed by atoms with Gasteiger partial charge in [0.05, 0.1) is 5.56 Å². The Labute approximate surface area is 138 Å². The minimum absolute atomic E-state index is 0.211. The molecule has 1 aromatic carbocycles. The summed E-state index contributed by atoms with van der Waals surface area (Å²) in [6, 6.07) is 7.28. The van der Waals surface area contributed by atoms with Crippen molar-refractivity contribution >= 4 is 34.5 Å². The van der Waals surface area contributed by atoms with Gasteiger partial charge in [0.15, 0.2) is 6.61 Å². The molecule has 2 atom stereocenters. The number of rotatable bonds is 4. The second-order valence-corrected chi connectivity index (χ2v) is 6.76. The summed E-state index contributed by atoms with van der Waals surface area (Å²) in [6.07, 6.45) is 4.54. The largest absolute Gasteiger partial charge is 0.452 e. The van der Waals surface area contributed by atoms with Crippen molar-refractivity contribution in [3.8, 4) is 0 Å². The summed E-state index contributed by atoms with van der Waals surface area (Å²) in [6.45, 7) is 1.94. The molecule has 0 saturated heterocycles. The first kappa shape index (κ1) is 16.3. The zero-order chi connectivity index (χ0) is 15.2. The number of hydrogen-bond donors (Lipinski definition) is 1. The molecule has 0 bridgehead atoms. The Morgan fingerprint density at radius 3 is 2.57 bits per heavy atom. The quantitative estimate of drug-likeness (QED) is 0.623. The first-order valence-electron chi connectivity index (χ1n) is 7.28. The molecule has 0 spiro atoms. The van der Waals surface area contributed by atoms with Crippen molar-refractivity contribution < 1.29 is 14.3 Å². The van der Waals surface area contributed by atoms with Gasteiger partial charge in [-0.05, 0) is 65.6 Å². The summed E-state index contributed by atoms with van der Waals surface area (Å²) in [4.78, 5) is 23.7. The molecule has 1 N–H and O–H groups in total. The Hall–Kier alpha value is -1.11. The lowest BCUT2D eigenvalue weighted by Crippen LogP contribution is -2.42. The normalized spacial score (nSPS) is 21.6. The van der Waals surface area contributed by atoms with Gasteiger partial charge in [-0.1, -0.05) is 19.8 Å². The molecule has 1 aromatic rings. The van der Waals surface area contributed by atoms with Crippen LogP contribution in [0.3, 0.4) is 0 Å². The number of carbonyl (C=O) groups excluding carboxylic acids is 2. The number of esters is 1. The highest BCUT2D eigenvalue weighted by Gasteiger charge is 2.23. The monoisotopic (exact) mass is 401 g/mol. The molecule has 2 unspecified atom stereocenters. The minimum Gasteiger partial charge on any atom is -0.452 e. The van der Waals surface area contributed by atoms with Crippen LogP contribution in [-0.2, 0) is 9.53 Å². The van der Waals surface area contributed by atoms with Crippen molar-refractivity contribution in [1.82, 2.24) is 5.32 Å². The van der Waals surface area contributed by atoms with Crippen molar-refractivity contribution in [2.75, 3.05) is 6.61 Å². The molecule has 5 heteroatoms. The van der Waals surface area contributed by atoms with E-state index in [0.717, 1.165) is 22.8 Å². The van der Waals surface area contributed by atoms with E-state index in [-0.39, 0.29) is 18.6 Å². The van der Waals surface area contributed by atoms with E-state index in [2.05, 4.69) is 34.8 Å². The van der Waals surface area contributed by atoms with E-state index in [4.69, 9.17) is 4.74 Å². The summed E-state index contributed by atoms with van der Waals surface area (Å²) < 4.78 is 6.10. The summed E-state index contributed by atoms with van der Waals surface area (Å²) >= 11 is 2.17. The molecule has 21 heavy (non-hydrogen) atoms. The van der Waals surface area contributed by atoms with Crippen LogP contribution >= 0.6 is 22.6 Å². The lowest BCUT2D eigenvalue weighted by Gasteiger charge is -2.29. The highest BCUT2D eigenvalue weighted by Crippen LogP contribution is 2.23. The van der Waals surface area contributed by atoms with Gasteiger partial charge in [0, 0.05) is 9.61 Å². The van der Waals surface area contributed by atoms with Crippen LogP contribution in [0, 0.1) is 9.49 Å². The molecule has 1 aliphatic rings. The second kappa shape index (κ2) is 7.77. The Morgan fingerprint density at radius 2 is 1.90 bits per heavy atom. The number of carbonyl (C=O) groups is 2. The third kappa shape index (κ3) is 4.98. The van der Waals surface area contributed by atoms with E-state index in [9.17, 15) is 9.59 Å². The van der Waals surface area contributed by atoms with E-state index < -0.39 is 5.97 Å². The maximum absolute atomic E-state index is 11.9. The zero-order valence-electron chi connectivity index (χ0n) is 12.1. The number of nitrogens with one attached hydrogen (secondary N) is 1. The van der Waals surface area contributed by atoms with Gasteiger partial charge in [0.25, 0.3) is 5.91 Å². The van der Waals surface area contributed by atoms with Gasteiger partial charge >= 0.3 is 5.97 Å². The predicted octanol–water partition coefficient (Wildman–Crippen LogP) is 3.14. The molecule has 1 fully saturated rings. The van der Waals surface area contributed by atoms with Crippen molar-refractivity contribution in [3.05, 3.63) is 33.4 Å². The summed E-state index contributed by atoms with van der Waals surface area (Å²) in [5, 5.41) is 2.97. The van der Waals surface area contributed by atoms with Gasteiger partial charge in [-0.2, -0.15) is 0 Å². The zero-order valence-corrected chi connectivity index (χ0v) is 14.3. The first-order chi connectivity index (χ1) is 10.1. The lowest BCUT2D eigenvalue weighted by atomic mass is 9.86. The third-order valence-corrected chi connectivity index (χ3v) is 4.59. The van der Waals surface area contributed by atoms with Gasteiger partial charge < -0.3 is 10.1 Å². The molecular formula is C16H20INO3. The average molecular weight is 401 g/mol. The van der Waals surface area contributed by atoms with E-state index in [1.807, 2.05) is 12.1 Å². The molecule has 2 rings (SSSR count). The highest BCUT2D eigenvalue weighted by molar-refractivity contribution is 14.1. The Morgan fingerprint density at radius 1 is 1.24 bits per heavy atom. The minimum atomic E-state index is -0.460. The highest BCUT2D eigenvalue weighted by atomic mass is 127. The van der Waals surface area contributed by atoms with E-state index >= 15 is 0 Å². The van der Waals surface area contributed by atoms with Crippen molar-refractivity contribution in [2.24, 2.45) is 5.92 Å². The summed E-state index contributed by atoms with van der Waals surface area (Å²) in [5.74, 6) is -0.180. The number of ether oxygens (including phenoxy) is 1. The van der Waals surface area contributed by atoms with Crippen molar-refractivity contribution in [1.29, 1.82) is 0 Å². The van der Waals surface area contributed by atoms with Gasteiger partial charge in [-0.25, -0.2) is 4.79 Å². The fourth-order valence-electron chi connectivity index (χ4n) is 2.58. The molecule has 1 amide bonds. The molecule has 114 valence electrons. The van der Waals surface area contributed by atoms with E-state index in [1.165, 1.54) is 6.42 Å². The van der Waals surface area contributed by atoms with Crippen LogP contribution in [-0.4, -0.2) is 24.5 Å². The molecule has 1 aliphatic carbocycles. The number of benzene rings is 1. The SMILES string of the molecule is CC1CCCCC1NC(=O)COC(=O)c1ccc(I)cc1. The van der Waals surface area contributed by atoms with E-state index in [1.54, 1.807) is 12.1 Å². The van der Waals surface area contributed by atoms with Gasteiger partial charge in [-0.15, -0.1) is 0 Å². The van der Waals surface area contributed by atoms with Gasteiger partial charge in [0.2, 0.25) is 0 Å². The van der Waals surface area contributed by atoms with Crippen LogP contribution < -0.4 is 5.32 Å². The number of amides is 1. The second-order valence-electron chi connectivity index (χ2n) is 5.52. The third-order valence-electron chi connectivity index (χ3n) is 3.87. The Balaban J connectivity index is 1.78. The number of halogens is 1. The summed E-state index contributed by atoms with van der Waals surface area (Å²) in [7, 11) is 0. The van der Waals surface area contributed by atoms with Crippen LogP contribution in [0.25, 0.3) is 0 Å². The van der Waals surface area contributed by atoms with Gasteiger partial charge in [-0.3, -0.25) is 4.79 Å². The maximum Gasteiger partial charge on any atom is 0.338 e. The molecule has 0 aromatic heterocycles. The Bertz CT molecular complexity index is 501. The van der Waals surface area contributed by atoms with Crippen molar-refractivity contribution in [3.63, 3.8) is 0 Å². The van der Waals surface area contributed by atoms with Gasteiger partial charge in [0.1, 0.15) is 0 Å². The van der Waals surface area contributed by atoms with Crippen LogP contribution in [0.2, 0.25) is 0 Å². The molecule has 0 heterocycles. The van der Waals surface area contributed by atoms with E-state index in [0.29, 0.717) is 11.5 Å². The molecule has 1 saturated carbocycles. The molecule has 0 radical (unpaired) electrons. The van der Waals surface area contributed by atoms with Crippen molar-refractivity contribution in [2.45, 2.75) is 38.6 Å².